The van der Waals surface area contributed by atoms with Crippen molar-refractivity contribution in [2.45, 2.75) is 32.0 Å². The van der Waals surface area contributed by atoms with Crippen LogP contribution in [0.1, 0.15) is 18.1 Å². The fraction of sp³-hybridized carbons (Fsp3) is 0.400. The maximum absolute atomic E-state index is 4.70. The Bertz CT molecular complexity index is 771. The summed E-state index contributed by atoms with van der Waals surface area (Å²) in [4.78, 5) is 8.96. The lowest BCUT2D eigenvalue weighted by atomic mass is 10.1. The number of aryl methyl sites for hydroxylation is 2. The van der Waals surface area contributed by atoms with Crippen molar-refractivity contribution in [2.24, 2.45) is 7.05 Å². The first-order valence-corrected chi connectivity index (χ1v) is 7.31. The Balaban J connectivity index is 1.48. The molecular formula is C15H18N6. The molecule has 1 aliphatic heterocycles. The van der Waals surface area contributed by atoms with E-state index in [2.05, 4.69) is 45.2 Å². The molecule has 0 saturated carbocycles. The first kappa shape index (κ1) is 12.5. The van der Waals surface area contributed by atoms with Crippen LogP contribution in [-0.2, 0) is 26.6 Å². The van der Waals surface area contributed by atoms with E-state index in [9.17, 15) is 0 Å². The molecular weight excluding hydrogens is 264 g/mol. The monoisotopic (exact) mass is 282 g/mol. The van der Waals surface area contributed by atoms with Crippen LogP contribution in [0, 0.1) is 0 Å². The van der Waals surface area contributed by atoms with Gasteiger partial charge in [0.05, 0.1) is 24.1 Å². The molecule has 0 radical (unpaired) electrons. The third-order valence-electron chi connectivity index (χ3n) is 4.23. The molecule has 1 unspecified atom stereocenters. The average molecular weight is 282 g/mol. The van der Waals surface area contributed by atoms with Crippen molar-refractivity contribution in [3.8, 4) is 0 Å². The number of hydrogen-bond acceptors (Lipinski definition) is 4. The predicted molar refractivity (Wildman–Crippen MR) is 79.7 cm³/mol. The summed E-state index contributed by atoms with van der Waals surface area (Å²) in [7, 11) is 2.07. The van der Waals surface area contributed by atoms with Gasteiger partial charge in [0.15, 0.2) is 0 Å². The molecule has 0 saturated heterocycles. The van der Waals surface area contributed by atoms with Gasteiger partial charge >= 0.3 is 0 Å². The van der Waals surface area contributed by atoms with Gasteiger partial charge in [0.25, 0.3) is 0 Å². The maximum Gasteiger partial charge on any atom is 0.138 e. The highest BCUT2D eigenvalue weighted by Gasteiger charge is 2.19. The second kappa shape index (κ2) is 4.96. The lowest BCUT2D eigenvalue weighted by molar-refractivity contribution is 0.354. The van der Waals surface area contributed by atoms with Crippen molar-refractivity contribution in [3.63, 3.8) is 0 Å². The van der Waals surface area contributed by atoms with E-state index in [1.807, 2.05) is 10.7 Å². The van der Waals surface area contributed by atoms with E-state index in [1.165, 1.54) is 5.52 Å². The third kappa shape index (κ3) is 2.21. The van der Waals surface area contributed by atoms with E-state index in [1.54, 1.807) is 6.33 Å². The van der Waals surface area contributed by atoms with Crippen LogP contribution in [0.4, 0.5) is 0 Å². The molecule has 0 fully saturated rings. The van der Waals surface area contributed by atoms with Gasteiger partial charge in [0.2, 0.25) is 0 Å². The van der Waals surface area contributed by atoms with Crippen LogP contribution in [0.25, 0.3) is 11.0 Å². The zero-order valence-corrected chi connectivity index (χ0v) is 12.0. The van der Waals surface area contributed by atoms with Gasteiger partial charge in [-0.2, -0.15) is 5.10 Å². The second-order valence-corrected chi connectivity index (χ2v) is 5.55. The fourth-order valence-electron chi connectivity index (χ4n) is 2.99. The molecule has 4 rings (SSSR count). The highest BCUT2D eigenvalue weighted by atomic mass is 15.3. The predicted octanol–water partition coefficient (Wildman–Crippen LogP) is 1.27. The van der Waals surface area contributed by atoms with E-state index < -0.39 is 0 Å². The zero-order valence-electron chi connectivity index (χ0n) is 12.0. The van der Waals surface area contributed by atoms with Crippen LogP contribution in [0.5, 0.6) is 0 Å². The molecule has 108 valence electrons. The Morgan fingerprint density at radius 2 is 2.24 bits per heavy atom. The van der Waals surface area contributed by atoms with Crippen LogP contribution in [0.15, 0.2) is 30.6 Å². The second-order valence-electron chi connectivity index (χ2n) is 5.55. The summed E-state index contributed by atoms with van der Waals surface area (Å²) in [5.74, 6) is 2.16. The topological polar surface area (TPSA) is 60.6 Å². The van der Waals surface area contributed by atoms with Gasteiger partial charge < -0.3 is 9.88 Å². The van der Waals surface area contributed by atoms with Crippen LogP contribution >= 0.6 is 0 Å². The molecule has 0 aliphatic carbocycles. The molecule has 1 atom stereocenters. The van der Waals surface area contributed by atoms with Gasteiger partial charge in [-0.05, 0) is 18.6 Å². The summed E-state index contributed by atoms with van der Waals surface area (Å²) in [5.41, 5.74) is 2.23. The SMILES string of the molecule is Cn1c(CNC2CCc3ncnn3C2)nc2ccccc21. The van der Waals surface area contributed by atoms with Gasteiger partial charge in [-0.15, -0.1) is 0 Å². The molecule has 0 bridgehead atoms. The number of rotatable bonds is 3. The Morgan fingerprint density at radius 3 is 3.14 bits per heavy atom. The summed E-state index contributed by atoms with van der Waals surface area (Å²) in [5, 5.41) is 7.86. The van der Waals surface area contributed by atoms with E-state index in [0.717, 1.165) is 43.1 Å². The van der Waals surface area contributed by atoms with Crippen LogP contribution in [0.2, 0.25) is 0 Å². The number of nitrogens with zero attached hydrogens (tertiary/aromatic N) is 5. The smallest absolute Gasteiger partial charge is 0.138 e. The fourth-order valence-corrected chi connectivity index (χ4v) is 2.99. The quantitative estimate of drug-likeness (QED) is 0.786. The highest BCUT2D eigenvalue weighted by molar-refractivity contribution is 5.75. The summed E-state index contributed by atoms with van der Waals surface area (Å²) >= 11 is 0. The Hall–Kier alpha value is -2.21. The van der Waals surface area contributed by atoms with Crippen LogP contribution < -0.4 is 5.32 Å². The van der Waals surface area contributed by atoms with E-state index in [0.29, 0.717) is 6.04 Å². The number of aromatic nitrogens is 5. The standard InChI is InChI=1S/C15H18N6/c1-20-13-5-3-2-4-12(13)19-15(20)8-16-11-6-7-14-17-10-18-21(14)9-11/h2-5,10-11,16H,6-9H2,1H3. The number of hydrogen-bond donors (Lipinski definition) is 1. The molecule has 3 aromatic rings. The molecule has 6 nitrogen and oxygen atoms in total. The van der Waals surface area contributed by atoms with Crippen molar-refractivity contribution in [2.75, 3.05) is 0 Å². The Morgan fingerprint density at radius 1 is 1.33 bits per heavy atom. The van der Waals surface area contributed by atoms with Gasteiger partial charge in [0.1, 0.15) is 18.0 Å². The van der Waals surface area contributed by atoms with Crippen molar-refractivity contribution < 1.29 is 0 Å². The van der Waals surface area contributed by atoms with Crippen molar-refractivity contribution in [1.82, 2.24) is 29.6 Å². The summed E-state index contributed by atoms with van der Waals surface area (Å²) in [6.07, 6.45) is 3.73. The Labute approximate surface area is 122 Å². The first-order valence-electron chi connectivity index (χ1n) is 7.31. The highest BCUT2D eigenvalue weighted by Crippen LogP contribution is 2.15. The Kier molecular flexibility index (Phi) is 2.96. The number of benzene rings is 1. The summed E-state index contributed by atoms with van der Waals surface area (Å²) < 4.78 is 4.15. The van der Waals surface area contributed by atoms with Gasteiger partial charge in [-0.1, -0.05) is 12.1 Å². The van der Waals surface area contributed by atoms with Crippen LogP contribution in [0.3, 0.4) is 0 Å². The van der Waals surface area contributed by atoms with Crippen LogP contribution in [-0.4, -0.2) is 30.4 Å². The van der Waals surface area contributed by atoms with Gasteiger partial charge in [0, 0.05) is 19.5 Å². The van der Waals surface area contributed by atoms with Gasteiger partial charge in [-0.25, -0.2) is 14.6 Å². The van der Waals surface area contributed by atoms with Crippen molar-refractivity contribution in [1.29, 1.82) is 0 Å². The number of para-hydroxylation sites is 2. The van der Waals surface area contributed by atoms with E-state index >= 15 is 0 Å². The van der Waals surface area contributed by atoms with Crippen molar-refractivity contribution >= 4 is 11.0 Å². The summed E-state index contributed by atoms with van der Waals surface area (Å²) in [6.45, 7) is 1.67. The zero-order chi connectivity index (χ0) is 14.2. The molecule has 21 heavy (non-hydrogen) atoms. The summed E-state index contributed by atoms with van der Waals surface area (Å²) in [6, 6.07) is 8.67. The number of fused-ring (bicyclic) bond motifs is 2. The minimum Gasteiger partial charge on any atom is -0.330 e. The minimum atomic E-state index is 0.430. The normalized spacial score (nSPS) is 18.0. The molecule has 2 aromatic heterocycles. The van der Waals surface area contributed by atoms with E-state index in [4.69, 9.17) is 4.98 Å². The number of nitrogens with one attached hydrogen (secondary N) is 1. The molecule has 1 aliphatic rings. The molecule has 1 aromatic carbocycles. The number of imidazole rings is 1. The lowest BCUT2D eigenvalue weighted by Gasteiger charge is -2.23. The first-order chi connectivity index (χ1) is 10.3. The average Bonchev–Trinajstić information content (AvgIpc) is 3.10. The minimum absolute atomic E-state index is 0.430. The van der Waals surface area contributed by atoms with E-state index in [-0.39, 0.29) is 0 Å². The molecule has 6 heteroatoms. The third-order valence-corrected chi connectivity index (χ3v) is 4.23. The lowest BCUT2D eigenvalue weighted by Crippen LogP contribution is -2.37. The van der Waals surface area contributed by atoms with Crippen molar-refractivity contribution in [3.05, 3.63) is 42.2 Å². The van der Waals surface area contributed by atoms with Gasteiger partial charge in [-0.3, -0.25) is 0 Å². The molecule has 3 heterocycles. The molecule has 0 amide bonds. The molecule has 0 spiro atoms. The maximum atomic E-state index is 4.70. The molecule has 1 N–H and O–H groups in total. The largest absolute Gasteiger partial charge is 0.330 e.